The standard InChI is InChI=1S/C18H18N2O3S/c1-13(14-5-3-7-16(11-14)23-2)20-24(21,22)18-8-4-6-15-12-19-10-9-17(15)18/h3-13,20H,1-2H3/t13-/m1/s1. The van der Waals surface area contributed by atoms with Gasteiger partial charge in [0.25, 0.3) is 0 Å². The zero-order chi connectivity index (χ0) is 17.2. The molecule has 0 unspecified atom stereocenters. The summed E-state index contributed by atoms with van der Waals surface area (Å²) in [4.78, 5) is 4.28. The van der Waals surface area contributed by atoms with Gasteiger partial charge >= 0.3 is 0 Å². The second kappa shape index (κ2) is 6.59. The van der Waals surface area contributed by atoms with Crippen LogP contribution in [0.2, 0.25) is 0 Å². The summed E-state index contributed by atoms with van der Waals surface area (Å²) in [6, 6.07) is 13.8. The number of nitrogens with one attached hydrogen (secondary N) is 1. The highest BCUT2D eigenvalue weighted by atomic mass is 32.2. The fraction of sp³-hybridized carbons (Fsp3) is 0.167. The van der Waals surface area contributed by atoms with Crippen molar-refractivity contribution in [2.75, 3.05) is 7.11 Å². The predicted molar refractivity (Wildman–Crippen MR) is 93.5 cm³/mol. The normalized spacial score (nSPS) is 12.9. The summed E-state index contributed by atoms with van der Waals surface area (Å²) in [5, 5.41) is 1.44. The molecule has 1 aromatic heterocycles. The molecule has 3 rings (SSSR count). The van der Waals surface area contributed by atoms with Crippen molar-refractivity contribution in [3.05, 3.63) is 66.5 Å². The Kier molecular flexibility index (Phi) is 4.51. The Morgan fingerprint density at radius 2 is 1.92 bits per heavy atom. The maximum absolute atomic E-state index is 12.8. The van der Waals surface area contributed by atoms with Crippen molar-refractivity contribution in [2.45, 2.75) is 17.9 Å². The van der Waals surface area contributed by atoms with Crippen LogP contribution in [-0.2, 0) is 10.0 Å². The van der Waals surface area contributed by atoms with Crippen LogP contribution < -0.4 is 9.46 Å². The number of hydrogen-bond acceptors (Lipinski definition) is 4. The quantitative estimate of drug-likeness (QED) is 0.772. The number of nitrogens with zero attached hydrogens (tertiary/aromatic N) is 1. The first-order valence-corrected chi connectivity index (χ1v) is 8.98. The molecule has 0 saturated heterocycles. The van der Waals surface area contributed by atoms with Gasteiger partial charge in [-0.05, 0) is 36.8 Å². The average Bonchev–Trinajstić information content (AvgIpc) is 2.61. The van der Waals surface area contributed by atoms with Gasteiger partial charge in [0.2, 0.25) is 10.0 Å². The van der Waals surface area contributed by atoms with Crippen LogP contribution in [0.1, 0.15) is 18.5 Å². The molecule has 0 aliphatic rings. The topological polar surface area (TPSA) is 68.3 Å². The smallest absolute Gasteiger partial charge is 0.241 e. The Labute approximate surface area is 141 Å². The number of hydrogen-bond donors (Lipinski definition) is 1. The average molecular weight is 342 g/mol. The van der Waals surface area contributed by atoms with E-state index in [0.29, 0.717) is 11.1 Å². The highest BCUT2D eigenvalue weighted by Gasteiger charge is 2.20. The molecule has 3 aromatic rings. The van der Waals surface area contributed by atoms with E-state index in [1.165, 1.54) is 0 Å². The minimum Gasteiger partial charge on any atom is -0.497 e. The van der Waals surface area contributed by atoms with Crippen LogP contribution >= 0.6 is 0 Å². The Bertz CT molecular complexity index is 965. The van der Waals surface area contributed by atoms with Crippen LogP contribution in [0.15, 0.2) is 65.8 Å². The number of aromatic nitrogens is 1. The van der Waals surface area contributed by atoms with Crippen molar-refractivity contribution < 1.29 is 13.2 Å². The molecule has 5 nitrogen and oxygen atoms in total. The van der Waals surface area contributed by atoms with Gasteiger partial charge in [-0.15, -0.1) is 0 Å². The van der Waals surface area contributed by atoms with Crippen molar-refractivity contribution in [1.82, 2.24) is 9.71 Å². The molecule has 0 aliphatic heterocycles. The van der Waals surface area contributed by atoms with E-state index < -0.39 is 10.0 Å². The van der Waals surface area contributed by atoms with E-state index in [0.717, 1.165) is 10.9 Å². The van der Waals surface area contributed by atoms with Gasteiger partial charge in [0.1, 0.15) is 5.75 Å². The molecule has 0 bridgehead atoms. The number of ether oxygens (including phenoxy) is 1. The number of rotatable bonds is 5. The van der Waals surface area contributed by atoms with Crippen molar-refractivity contribution in [1.29, 1.82) is 0 Å². The first-order chi connectivity index (χ1) is 11.5. The lowest BCUT2D eigenvalue weighted by molar-refractivity contribution is 0.413. The van der Waals surface area contributed by atoms with E-state index >= 15 is 0 Å². The van der Waals surface area contributed by atoms with Gasteiger partial charge in [-0.3, -0.25) is 4.98 Å². The number of sulfonamides is 1. The number of methoxy groups -OCH3 is 1. The molecule has 1 heterocycles. The van der Waals surface area contributed by atoms with Crippen LogP contribution in [-0.4, -0.2) is 20.5 Å². The summed E-state index contributed by atoms with van der Waals surface area (Å²) in [6.45, 7) is 1.80. The van der Waals surface area contributed by atoms with E-state index in [4.69, 9.17) is 4.74 Å². The van der Waals surface area contributed by atoms with Crippen LogP contribution in [0.25, 0.3) is 10.8 Å². The molecule has 1 N–H and O–H groups in total. The highest BCUT2D eigenvalue weighted by Crippen LogP contribution is 2.25. The summed E-state index contributed by atoms with van der Waals surface area (Å²) in [7, 11) is -2.09. The second-order valence-corrected chi connectivity index (χ2v) is 7.15. The summed E-state index contributed by atoms with van der Waals surface area (Å²) >= 11 is 0. The van der Waals surface area contributed by atoms with Gasteiger partial charge in [0.15, 0.2) is 0 Å². The molecule has 0 radical (unpaired) electrons. The molecule has 24 heavy (non-hydrogen) atoms. The molecule has 0 fully saturated rings. The lowest BCUT2D eigenvalue weighted by atomic mass is 10.1. The zero-order valence-corrected chi connectivity index (χ0v) is 14.2. The number of benzene rings is 2. The van der Waals surface area contributed by atoms with E-state index in [1.54, 1.807) is 44.6 Å². The first-order valence-electron chi connectivity index (χ1n) is 7.50. The zero-order valence-electron chi connectivity index (χ0n) is 13.4. The molecule has 0 saturated carbocycles. The minimum absolute atomic E-state index is 0.247. The van der Waals surface area contributed by atoms with E-state index in [2.05, 4.69) is 9.71 Å². The SMILES string of the molecule is COc1cccc([C@@H](C)NS(=O)(=O)c2cccc3cnccc23)c1. The third-order valence-corrected chi connectivity index (χ3v) is 5.45. The molecular weight excluding hydrogens is 324 g/mol. The fourth-order valence-electron chi connectivity index (χ4n) is 2.60. The van der Waals surface area contributed by atoms with Crippen molar-refractivity contribution in [3.8, 4) is 5.75 Å². The molecule has 0 amide bonds. The molecule has 124 valence electrons. The van der Waals surface area contributed by atoms with Crippen molar-refractivity contribution in [3.63, 3.8) is 0 Å². The van der Waals surface area contributed by atoms with Gasteiger partial charge in [0, 0.05) is 29.2 Å². The minimum atomic E-state index is -3.67. The van der Waals surface area contributed by atoms with Crippen molar-refractivity contribution >= 4 is 20.8 Å². The molecule has 2 aromatic carbocycles. The third-order valence-electron chi connectivity index (χ3n) is 3.86. The molecule has 0 aliphatic carbocycles. The van der Waals surface area contributed by atoms with Crippen LogP contribution in [0, 0.1) is 0 Å². The Morgan fingerprint density at radius 1 is 1.12 bits per heavy atom. The number of pyridine rings is 1. The van der Waals surface area contributed by atoms with Crippen LogP contribution in [0.4, 0.5) is 0 Å². The van der Waals surface area contributed by atoms with Gasteiger partial charge in [-0.1, -0.05) is 24.3 Å². The van der Waals surface area contributed by atoms with Gasteiger partial charge in [0.05, 0.1) is 12.0 Å². The summed E-state index contributed by atoms with van der Waals surface area (Å²) in [5.41, 5.74) is 0.833. The van der Waals surface area contributed by atoms with Crippen LogP contribution in [0.5, 0.6) is 5.75 Å². The largest absolute Gasteiger partial charge is 0.497 e. The lowest BCUT2D eigenvalue weighted by Crippen LogP contribution is -2.27. The van der Waals surface area contributed by atoms with Crippen LogP contribution in [0.3, 0.4) is 0 Å². The van der Waals surface area contributed by atoms with Gasteiger partial charge in [-0.2, -0.15) is 0 Å². The third kappa shape index (κ3) is 3.25. The molecule has 6 heteroatoms. The molecular formula is C18H18N2O3S. The Hall–Kier alpha value is -2.44. The predicted octanol–water partition coefficient (Wildman–Crippen LogP) is 3.28. The summed E-state index contributed by atoms with van der Waals surface area (Å²) in [6.07, 6.45) is 3.24. The highest BCUT2D eigenvalue weighted by molar-refractivity contribution is 7.89. The van der Waals surface area contributed by atoms with Gasteiger partial charge in [-0.25, -0.2) is 13.1 Å². The van der Waals surface area contributed by atoms with E-state index in [-0.39, 0.29) is 10.9 Å². The van der Waals surface area contributed by atoms with Gasteiger partial charge < -0.3 is 4.74 Å². The monoisotopic (exact) mass is 342 g/mol. The Balaban J connectivity index is 1.95. The lowest BCUT2D eigenvalue weighted by Gasteiger charge is -2.16. The first kappa shape index (κ1) is 16.4. The number of fused-ring (bicyclic) bond motifs is 1. The summed E-state index contributed by atoms with van der Waals surface area (Å²) in [5.74, 6) is 0.690. The second-order valence-electron chi connectivity index (χ2n) is 5.47. The van der Waals surface area contributed by atoms with E-state index in [9.17, 15) is 8.42 Å². The van der Waals surface area contributed by atoms with Crippen molar-refractivity contribution in [2.24, 2.45) is 0 Å². The maximum Gasteiger partial charge on any atom is 0.241 e. The maximum atomic E-state index is 12.8. The summed E-state index contributed by atoms with van der Waals surface area (Å²) < 4.78 is 33.6. The molecule has 1 atom stereocenters. The Morgan fingerprint density at radius 3 is 2.71 bits per heavy atom. The molecule has 0 spiro atoms. The van der Waals surface area contributed by atoms with E-state index in [1.807, 2.05) is 30.3 Å². The fourth-order valence-corrected chi connectivity index (χ4v) is 4.06.